The fourth-order valence-corrected chi connectivity index (χ4v) is 3.31. The predicted molar refractivity (Wildman–Crippen MR) is 78.3 cm³/mol. The van der Waals surface area contributed by atoms with Crippen LogP contribution < -0.4 is 0 Å². The van der Waals surface area contributed by atoms with Crippen LogP contribution in [0.25, 0.3) is 0 Å². The molecule has 2 atom stereocenters. The van der Waals surface area contributed by atoms with Crippen molar-refractivity contribution >= 4 is 5.97 Å². The van der Waals surface area contributed by atoms with Crippen molar-refractivity contribution < 1.29 is 14.6 Å². The van der Waals surface area contributed by atoms with E-state index in [4.69, 9.17) is 4.74 Å². The van der Waals surface area contributed by atoms with Gasteiger partial charge in [0.2, 0.25) is 0 Å². The monoisotopic (exact) mass is 276 g/mol. The third-order valence-corrected chi connectivity index (χ3v) is 4.40. The maximum atomic E-state index is 12.1. The maximum absolute atomic E-state index is 12.1. The third-order valence-electron chi connectivity index (χ3n) is 4.40. The number of esters is 1. The molecule has 0 radical (unpaired) electrons. The Morgan fingerprint density at radius 3 is 2.90 bits per heavy atom. The van der Waals surface area contributed by atoms with Crippen LogP contribution in [0.3, 0.4) is 0 Å². The normalized spacial score (nSPS) is 22.9. The van der Waals surface area contributed by atoms with Crippen LogP contribution >= 0.6 is 0 Å². The fourth-order valence-electron chi connectivity index (χ4n) is 3.31. The molecule has 0 amide bonds. The number of aliphatic hydroxyl groups is 1. The van der Waals surface area contributed by atoms with Gasteiger partial charge < -0.3 is 9.84 Å². The molecule has 0 saturated carbocycles. The molecule has 1 aromatic carbocycles. The van der Waals surface area contributed by atoms with Crippen molar-refractivity contribution in [3.63, 3.8) is 0 Å². The van der Waals surface area contributed by atoms with Crippen LogP contribution in [0.2, 0.25) is 0 Å². The minimum atomic E-state index is -1.07. The second kappa shape index (κ2) is 6.40. The summed E-state index contributed by atoms with van der Waals surface area (Å²) in [5.41, 5.74) is 1.00. The second-order valence-corrected chi connectivity index (χ2v) is 5.65. The minimum absolute atomic E-state index is 0.294. The molecule has 3 nitrogen and oxygen atoms in total. The third kappa shape index (κ3) is 2.73. The number of carbonyl (C=O) groups excluding carboxylic acids is 1. The second-order valence-electron chi connectivity index (χ2n) is 5.65. The van der Waals surface area contributed by atoms with E-state index in [9.17, 15) is 9.90 Å². The molecule has 0 aromatic heterocycles. The van der Waals surface area contributed by atoms with E-state index in [1.165, 1.54) is 7.11 Å². The molecule has 2 unspecified atom stereocenters. The van der Waals surface area contributed by atoms with E-state index in [1.807, 2.05) is 24.3 Å². The summed E-state index contributed by atoms with van der Waals surface area (Å²) >= 11 is 0. The van der Waals surface area contributed by atoms with Crippen LogP contribution in [-0.2, 0) is 21.6 Å². The van der Waals surface area contributed by atoms with E-state index in [2.05, 4.69) is 6.92 Å². The van der Waals surface area contributed by atoms with Gasteiger partial charge in [0.25, 0.3) is 0 Å². The van der Waals surface area contributed by atoms with Crippen molar-refractivity contribution in [1.82, 2.24) is 0 Å². The first-order valence-corrected chi connectivity index (χ1v) is 7.52. The molecule has 0 bridgehead atoms. The first kappa shape index (κ1) is 15.0. The number of fused-ring (bicyclic) bond motifs is 1. The number of aryl methyl sites for hydroxylation is 1. The topological polar surface area (TPSA) is 46.5 Å². The average molecular weight is 276 g/mol. The van der Waals surface area contributed by atoms with Crippen LogP contribution in [0.5, 0.6) is 0 Å². The first-order chi connectivity index (χ1) is 9.63. The Hall–Kier alpha value is -1.35. The lowest BCUT2D eigenvalue weighted by molar-refractivity contribution is -0.159. The number of hydrogen-bond acceptors (Lipinski definition) is 3. The van der Waals surface area contributed by atoms with Gasteiger partial charge in [-0.25, -0.2) is 0 Å². The van der Waals surface area contributed by atoms with Gasteiger partial charge in [-0.15, -0.1) is 0 Å². The summed E-state index contributed by atoms with van der Waals surface area (Å²) in [6.07, 6.45) is 5.12. The van der Waals surface area contributed by atoms with Gasteiger partial charge >= 0.3 is 5.97 Å². The van der Waals surface area contributed by atoms with Gasteiger partial charge in [-0.1, -0.05) is 44.0 Å². The highest BCUT2D eigenvalue weighted by Crippen LogP contribution is 2.43. The largest absolute Gasteiger partial charge is 0.469 e. The molecule has 1 aliphatic carbocycles. The lowest BCUT2D eigenvalue weighted by Gasteiger charge is -2.39. The predicted octanol–water partition coefficient (Wildman–Crippen LogP) is 3.19. The van der Waals surface area contributed by atoms with Gasteiger partial charge in [-0.3, -0.25) is 4.79 Å². The molecule has 0 heterocycles. The molecule has 20 heavy (non-hydrogen) atoms. The van der Waals surface area contributed by atoms with Crippen molar-refractivity contribution in [3.05, 3.63) is 35.4 Å². The van der Waals surface area contributed by atoms with Crippen molar-refractivity contribution in [1.29, 1.82) is 0 Å². The Labute approximate surface area is 121 Å². The average Bonchev–Trinajstić information content (AvgIpc) is 2.48. The van der Waals surface area contributed by atoms with Crippen LogP contribution in [0.1, 0.15) is 50.2 Å². The molecule has 0 aliphatic heterocycles. The van der Waals surface area contributed by atoms with E-state index in [0.717, 1.165) is 36.8 Å². The van der Waals surface area contributed by atoms with Gasteiger partial charge in [-0.05, 0) is 36.8 Å². The zero-order valence-corrected chi connectivity index (χ0v) is 12.4. The van der Waals surface area contributed by atoms with E-state index in [0.29, 0.717) is 12.8 Å². The van der Waals surface area contributed by atoms with Crippen molar-refractivity contribution in [3.8, 4) is 0 Å². The molecule has 1 N–H and O–H groups in total. The van der Waals surface area contributed by atoms with Crippen LogP contribution in [0, 0.1) is 5.92 Å². The molecular weight excluding hydrogens is 252 g/mol. The smallest absolute Gasteiger partial charge is 0.311 e. The Bertz CT molecular complexity index is 469. The Morgan fingerprint density at radius 2 is 2.20 bits per heavy atom. The SMILES string of the molecule is CCCCC(C(=O)OC)C1(O)CCCc2ccccc21. The number of carbonyl (C=O) groups is 1. The zero-order chi connectivity index (χ0) is 14.6. The quantitative estimate of drug-likeness (QED) is 0.840. The summed E-state index contributed by atoms with van der Waals surface area (Å²) in [6.45, 7) is 2.09. The highest BCUT2D eigenvalue weighted by atomic mass is 16.5. The van der Waals surface area contributed by atoms with E-state index in [1.54, 1.807) is 0 Å². The molecule has 1 aromatic rings. The summed E-state index contributed by atoms with van der Waals surface area (Å²) < 4.78 is 4.94. The van der Waals surface area contributed by atoms with Crippen LogP contribution in [-0.4, -0.2) is 18.2 Å². The van der Waals surface area contributed by atoms with E-state index < -0.39 is 11.5 Å². The number of ether oxygens (including phenoxy) is 1. The summed E-state index contributed by atoms with van der Waals surface area (Å²) in [5.74, 6) is -0.758. The number of benzene rings is 1. The summed E-state index contributed by atoms with van der Waals surface area (Å²) in [7, 11) is 1.40. The van der Waals surface area contributed by atoms with Crippen molar-refractivity contribution in [2.75, 3.05) is 7.11 Å². The number of methoxy groups -OCH3 is 1. The molecule has 2 rings (SSSR count). The number of rotatable bonds is 5. The Kier molecular flexibility index (Phi) is 4.81. The van der Waals surface area contributed by atoms with Gasteiger partial charge in [0.1, 0.15) is 5.60 Å². The highest BCUT2D eigenvalue weighted by molar-refractivity contribution is 5.74. The van der Waals surface area contributed by atoms with Gasteiger partial charge in [0.05, 0.1) is 13.0 Å². The van der Waals surface area contributed by atoms with Crippen molar-refractivity contribution in [2.24, 2.45) is 5.92 Å². The standard InChI is InChI=1S/C17H24O3/c1-3-4-10-15(16(18)20-2)17(19)12-7-9-13-8-5-6-11-14(13)17/h5-6,8,11,15,19H,3-4,7,9-10,12H2,1-2H3. The van der Waals surface area contributed by atoms with Gasteiger partial charge in [0.15, 0.2) is 0 Å². The van der Waals surface area contributed by atoms with Crippen LogP contribution in [0.15, 0.2) is 24.3 Å². The van der Waals surface area contributed by atoms with E-state index >= 15 is 0 Å². The number of hydrogen-bond donors (Lipinski definition) is 1. The Balaban J connectivity index is 2.38. The number of unbranched alkanes of at least 4 members (excludes halogenated alkanes) is 1. The molecule has 0 fully saturated rings. The van der Waals surface area contributed by atoms with E-state index in [-0.39, 0.29) is 5.97 Å². The summed E-state index contributed by atoms with van der Waals surface area (Å²) in [6, 6.07) is 7.93. The summed E-state index contributed by atoms with van der Waals surface area (Å²) in [5, 5.41) is 11.2. The lowest BCUT2D eigenvalue weighted by Crippen LogP contribution is -2.43. The Morgan fingerprint density at radius 1 is 1.45 bits per heavy atom. The minimum Gasteiger partial charge on any atom is -0.469 e. The molecule has 110 valence electrons. The highest BCUT2D eigenvalue weighted by Gasteiger charge is 2.45. The van der Waals surface area contributed by atoms with Gasteiger partial charge in [0, 0.05) is 0 Å². The maximum Gasteiger partial charge on any atom is 0.311 e. The summed E-state index contributed by atoms with van der Waals surface area (Å²) in [4.78, 5) is 12.1. The fraction of sp³-hybridized carbons (Fsp3) is 0.588. The molecule has 1 aliphatic rings. The first-order valence-electron chi connectivity index (χ1n) is 7.52. The van der Waals surface area contributed by atoms with Crippen molar-refractivity contribution in [2.45, 2.75) is 51.0 Å². The molecular formula is C17H24O3. The molecule has 0 spiro atoms. The lowest BCUT2D eigenvalue weighted by atomic mass is 9.70. The molecule has 3 heteroatoms. The van der Waals surface area contributed by atoms with Crippen LogP contribution in [0.4, 0.5) is 0 Å². The molecule has 0 saturated heterocycles. The van der Waals surface area contributed by atoms with Gasteiger partial charge in [-0.2, -0.15) is 0 Å². The zero-order valence-electron chi connectivity index (χ0n) is 12.4.